The van der Waals surface area contributed by atoms with Crippen molar-refractivity contribution in [3.63, 3.8) is 0 Å². The second-order valence-electron chi connectivity index (χ2n) is 9.29. The molecule has 3 aromatic carbocycles. The van der Waals surface area contributed by atoms with Crippen LogP contribution in [0.3, 0.4) is 0 Å². The molecule has 4 rings (SSSR count). The number of amides is 1. The number of nitrogens with two attached hydrogens (primary N) is 1. The summed E-state index contributed by atoms with van der Waals surface area (Å²) in [6.45, 7) is 6.00. The molecule has 5 nitrogen and oxygen atoms in total. The predicted molar refractivity (Wildman–Crippen MR) is 134 cm³/mol. The molecule has 0 radical (unpaired) electrons. The number of nitrogens with one attached hydrogen (secondary N) is 2. The lowest BCUT2D eigenvalue weighted by molar-refractivity contribution is -0.123. The Morgan fingerprint density at radius 1 is 1.09 bits per heavy atom. The van der Waals surface area contributed by atoms with E-state index in [2.05, 4.69) is 60.0 Å². The maximum Gasteiger partial charge on any atom is 0.237 e. The van der Waals surface area contributed by atoms with Crippen molar-refractivity contribution in [2.75, 3.05) is 5.32 Å². The van der Waals surface area contributed by atoms with Crippen molar-refractivity contribution in [2.45, 2.75) is 58.2 Å². The van der Waals surface area contributed by atoms with Gasteiger partial charge in [0.2, 0.25) is 5.91 Å². The third-order valence-corrected chi connectivity index (χ3v) is 6.49. The van der Waals surface area contributed by atoms with Crippen LogP contribution >= 0.6 is 0 Å². The maximum absolute atomic E-state index is 13.1. The molecule has 1 heterocycles. The monoisotopic (exact) mass is 443 g/mol. The summed E-state index contributed by atoms with van der Waals surface area (Å²) in [6.07, 6.45) is 2.09. The smallest absolute Gasteiger partial charge is 0.237 e. The fraction of sp³-hybridized carbons (Fsp3) is 0.321. The summed E-state index contributed by atoms with van der Waals surface area (Å²) in [6, 6.07) is 19.8. The minimum atomic E-state index is -0.659. The van der Waals surface area contributed by atoms with Gasteiger partial charge in [0.1, 0.15) is 5.75 Å². The fourth-order valence-electron chi connectivity index (χ4n) is 4.80. The minimum absolute atomic E-state index is 0.0902. The average molecular weight is 444 g/mol. The summed E-state index contributed by atoms with van der Waals surface area (Å²) in [4.78, 5) is 13.1. The van der Waals surface area contributed by atoms with Gasteiger partial charge in [0, 0.05) is 11.7 Å². The first kappa shape index (κ1) is 22.9. The SMILES string of the molecule is Cc1cc(O)cc(C)c1C[C@H](N)C(=O)N[C@@H]1C[C@@H](C)Nc2ccc(Cc3ccccc3)cc21. The zero-order valence-electron chi connectivity index (χ0n) is 19.6. The molecule has 33 heavy (non-hydrogen) atoms. The molecular formula is C28H33N3O2. The summed E-state index contributed by atoms with van der Waals surface area (Å²) in [5.41, 5.74) is 13.9. The van der Waals surface area contributed by atoms with Gasteiger partial charge in [-0.15, -0.1) is 0 Å². The second-order valence-corrected chi connectivity index (χ2v) is 9.29. The topological polar surface area (TPSA) is 87.4 Å². The number of benzene rings is 3. The van der Waals surface area contributed by atoms with Crippen LogP contribution in [0.4, 0.5) is 5.69 Å². The molecule has 1 aliphatic rings. The Morgan fingerprint density at radius 3 is 2.48 bits per heavy atom. The lowest BCUT2D eigenvalue weighted by Crippen LogP contribution is -2.45. The number of hydrogen-bond donors (Lipinski definition) is 4. The van der Waals surface area contributed by atoms with Crippen LogP contribution in [0.15, 0.2) is 60.7 Å². The molecule has 5 heteroatoms. The molecule has 0 bridgehead atoms. The molecule has 0 spiro atoms. The molecule has 172 valence electrons. The van der Waals surface area contributed by atoms with Crippen molar-refractivity contribution in [3.05, 3.63) is 94.0 Å². The Labute approximate surface area is 196 Å². The van der Waals surface area contributed by atoms with Crippen LogP contribution in [0.25, 0.3) is 0 Å². The lowest BCUT2D eigenvalue weighted by atomic mass is 9.90. The largest absolute Gasteiger partial charge is 0.508 e. The van der Waals surface area contributed by atoms with E-state index in [-0.39, 0.29) is 23.7 Å². The highest BCUT2D eigenvalue weighted by Crippen LogP contribution is 2.34. The minimum Gasteiger partial charge on any atom is -0.508 e. The highest BCUT2D eigenvalue weighted by Gasteiger charge is 2.28. The van der Waals surface area contributed by atoms with Gasteiger partial charge >= 0.3 is 0 Å². The van der Waals surface area contributed by atoms with Gasteiger partial charge in [-0.2, -0.15) is 0 Å². The highest BCUT2D eigenvalue weighted by atomic mass is 16.3. The van der Waals surface area contributed by atoms with Crippen LogP contribution in [0, 0.1) is 13.8 Å². The molecule has 0 saturated carbocycles. The lowest BCUT2D eigenvalue weighted by Gasteiger charge is -2.33. The first-order valence-electron chi connectivity index (χ1n) is 11.6. The van der Waals surface area contributed by atoms with Crippen LogP contribution < -0.4 is 16.4 Å². The van der Waals surface area contributed by atoms with E-state index in [0.29, 0.717) is 6.42 Å². The van der Waals surface area contributed by atoms with Crippen LogP contribution in [-0.2, 0) is 17.6 Å². The Bertz CT molecular complexity index is 1120. The van der Waals surface area contributed by atoms with E-state index in [0.717, 1.165) is 40.8 Å². The van der Waals surface area contributed by atoms with Gasteiger partial charge in [0.05, 0.1) is 12.1 Å². The second kappa shape index (κ2) is 9.67. The van der Waals surface area contributed by atoms with E-state index in [9.17, 15) is 9.90 Å². The van der Waals surface area contributed by atoms with E-state index >= 15 is 0 Å². The van der Waals surface area contributed by atoms with Gasteiger partial charge in [0.25, 0.3) is 0 Å². The molecule has 0 unspecified atom stereocenters. The van der Waals surface area contributed by atoms with Gasteiger partial charge in [-0.3, -0.25) is 4.79 Å². The Kier molecular flexibility index (Phi) is 6.70. The maximum atomic E-state index is 13.1. The van der Waals surface area contributed by atoms with Gasteiger partial charge in [-0.25, -0.2) is 0 Å². The van der Waals surface area contributed by atoms with Crippen molar-refractivity contribution in [1.29, 1.82) is 0 Å². The summed E-state index contributed by atoms with van der Waals surface area (Å²) in [7, 11) is 0. The molecule has 3 aromatic rings. The number of aromatic hydroxyl groups is 1. The zero-order valence-corrected chi connectivity index (χ0v) is 19.6. The van der Waals surface area contributed by atoms with E-state index in [4.69, 9.17) is 5.73 Å². The molecule has 5 N–H and O–H groups in total. The average Bonchev–Trinajstić information content (AvgIpc) is 2.77. The van der Waals surface area contributed by atoms with E-state index < -0.39 is 6.04 Å². The van der Waals surface area contributed by atoms with E-state index in [1.807, 2.05) is 19.9 Å². The van der Waals surface area contributed by atoms with Gasteiger partial charge in [0.15, 0.2) is 0 Å². The van der Waals surface area contributed by atoms with E-state index in [1.54, 1.807) is 12.1 Å². The first-order chi connectivity index (χ1) is 15.8. The van der Waals surface area contributed by atoms with Crippen molar-refractivity contribution in [2.24, 2.45) is 5.73 Å². The van der Waals surface area contributed by atoms with Crippen LogP contribution in [0.2, 0.25) is 0 Å². The van der Waals surface area contributed by atoms with E-state index in [1.165, 1.54) is 11.1 Å². The van der Waals surface area contributed by atoms with Crippen LogP contribution in [0.1, 0.15) is 52.8 Å². The number of anilines is 1. The molecule has 1 aliphatic heterocycles. The predicted octanol–water partition coefficient (Wildman–Crippen LogP) is 4.53. The first-order valence-corrected chi connectivity index (χ1v) is 11.6. The van der Waals surface area contributed by atoms with Crippen molar-refractivity contribution in [1.82, 2.24) is 5.32 Å². The number of hydrogen-bond acceptors (Lipinski definition) is 4. The summed E-state index contributed by atoms with van der Waals surface area (Å²) >= 11 is 0. The molecular weight excluding hydrogens is 410 g/mol. The van der Waals surface area contributed by atoms with Crippen LogP contribution in [0.5, 0.6) is 5.75 Å². The summed E-state index contributed by atoms with van der Waals surface area (Å²) in [5.74, 6) is 0.0822. The molecule has 0 fully saturated rings. The molecule has 0 aliphatic carbocycles. The third kappa shape index (κ3) is 5.37. The third-order valence-electron chi connectivity index (χ3n) is 6.49. The van der Waals surface area contributed by atoms with Crippen molar-refractivity contribution >= 4 is 11.6 Å². The number of aryl methyl sites for hydroxylation is 2. The van der Waals surface area contributed by atoms with Gasteiger partial charge in [-0.05, 0) is 91.6 Å². The Balaban J connectivity index is 1.51. The quantitative estimate of drug-likeness (QED) is 0.451. The molecule has 1 amide bonds. The Morgan fingerprint density at radius 2 is 1.79 bits per heavy atom. The summed E-state index contributed by atoms with van der Waals surface area (Å²) < 4.78 is 0. The van der Waals surface area contributed by atoms with Crippen LogP contribution in [-0.4, -0.2) is 23.1 Å². The number of carbonyl (C=O) groups excluding carboxylic acids is 1. The number of rotatable bonds is 6. The fourth-order valence-corrected chi connectivity index (χ4v) is 4.80. The highest BCUT2D eigenvalue weighted by molar-refractivity contribution is 5.83. The number of phenols is 1. The van der Waals surface area contributed by atoms with Crippen molar-refractivity contribution < 1.29 is 9.90 Å². The Hall–Kier alpha value is -3.31. The molecule has 0 aromatic heterocycles. The van der Waals surface area contributed by atoms with Crippen molar-refractivity contribution in [3.8, 4) is 5.75 Å². The number of phenolic OH excluding ortho intramolecular Hbond substituents is 1. The molecule has 0 saturated heterocycles. The summed E-state index contributed by atoms with van der Waals surface area (Å²) in [5, 5.41) is 16.5. The normalized spacial score (nSPS) is 18.2. The number of carbonyl (C=O) groups is 1. The van der Waals surface area contributed by atoms with Gasteiger partial charge < -0.3 is 21.5 Å². The molecule has 3 atom stereocenters. The zero-order chi connectivity index (χ0) is 23.5. The van der Waals surface area contributed by atoms with Gasteiger partial charge in [-0.1, -0.05) is 42.5 Å². The number of fused-ring (bicyclic) bond motifs is 1. The standard InChI is InChI=1S/C28H33N3O2/c1-17-11-22(32)12-18(2)23(17)16-25(29)28(33)31-27-13-19(3)30-26-10-9-21(15-24(26)27)14-20-7-5-4-6-8-20/h4-12,15,19,25,27,30,32H,13-14,16,29H2,1-3H3,(H,31,33)/t19-,25+,27-/m1/s1.